The van der Waals surface area contributed by atoms with E-state index >= 15 is 0 Å². The normalized spacial score (nSPS) is 30.5. The Morgan fingerprint density at radius 2 is 2.00 bits per heavy atom. The molecule has 9 nitrogen and oxygen atoms in total. The highest BCUT2D eigenvalue weighted by Gasteiger charge is 2.60. The fraction of sp³-hybridized carbons (Fsp3) is 0.294. The van der Waals surface area contributed by atoms with E-state index in [1.54, 1.807) is 12.1 Å². The Kier molecular flexibility index (Phi) is 3.38. The maximum Gasteiger partial charge on any atom is 0.376 e. The Labute approximate surface area is 146 Å². The van der Waals surface area contributed by atoms with Crippen molar-refractivity contribution in [2.45, 2.75) is 24.4 Å². The molecule has 3 N–H and O–H groups in total. The van der Waals surface area contributed by atoms with E-state index in [0.29, 0.717) is 5.56 Å². The van der Waals surface area contributed by atoms with Crippen LogP contribution in [-0.2, 0) is 35.8 Å². The lowest BCUT2D eigenvalue weighted by atomic mass is 9.88. The van der Waals surface area contributed by atoms with Gasteiger partial charge in [-0.05, 0) is 11.6 Å². The molecule has 0 radical (unpaired) electrons. The van der Waals surface area contributed by atoms with Crippen LogP contribution in [0, 0.1) is 0 Å². The van der Waals surface area contributed by atoms with Gasteiger partial charge in [-0.15, -0.1) is 0 Å². The van der Waals surface area contributed by atoms with Crippen LogP contribution in [0.2, 0.25) is 0 Å². The summed E-state index contributed by atoms with van der Waals surface area (Å²) in [5.41, 5.74) is -1.51. The number of esters is 2. The molecule has 0 spiro atoms. The van der Waals surface area contributed by atoms with Crippen LogP contribution in [0.4, 0.5) is 0 Å². The fourth-order valence-corrected chi connectivity index (χ4v) is 3.40. The number of phenols is 1. The summed E-state index contributed by atoms with van der Waals surface area (Å²) in [5.74, 6) is -2.58. The average Bonchev–Trinajstić information content (AvgIpc) is 3.14. The smallest absolute Gasteiger partial charge is 0.376 e. The third kappa shape index (κ3) is 2.07. The number of carbonyl (C=O) groups excluding carboxylic acids is 2. The first-order chi connectivity index (χ1) is 12.4. The van der Waals surface area contributed by atoms with E-state index in [1.807, 2.05) is 0 Å². The van der Waals surface area contributed by atoms with Gasteiger partial charge in [-0.3, -0.25) is 0 Å². The fourth-order valence-electron chi connectivity index (χ4n) is 3.40. The predicted octanol–water partition coefficient (Wildman–Crippen LogP) is 0.295. The van der Waals surface area contributed by atoms with Gasteiger partial charge in [0.2, 0.25) is 5.76 Å². The van der Waals surface area contributed by atoms with Crippen molar-refractivity contribution in [1.82, 2.24) is 0 Å². The van der Waals surface area contributed by atoms with E-state index in [-0.39, 0.29) is 29.1 Å². The molecule has 0 amide bonds. The van der Waals surface area contributed by atoms with Crippen molar-refractivity contribution in [3.05, 3.63) is 46.9 Å². The molecule has 0 aromatic heterocycles. The molecule has 4 rings (SSSR count). The number of aliphatic hydroxyl groups is 2. The highest BCUT2D eigenvalue weighted by atomic mass is 16.7. The number of carbonyl (C=O) groups is 2. The topological polar surface area (TPSA) is 132 Å². The summed E-state index contributed by atoms with van der Waals surface area (Å²) in [7, 11) is 1.36. The van der Waals surface area contributed by atoms with Crippen molar-refractivity contribution in [2.75, 3.05) is 7.11 Å². The molecule has 1 fully saturated rings. The Hall–Kier alpha value is -3.20. The first kappa shape index (κ1) is 16.3. The maximum atomic E-state index is 12.2. The zero-order valence-electron chi connectivity index (χ0n) is 13.5. The number of aromatic hydroxyl groups is 1. The number of benzene rings is 1. The van der Waals surface area contributed by atoms with E-state index in [2.05, 4.69) is 0 Å². The van der Waals surface area contributed by atoms with Gasteiger partial charge in [0.25, 0.3) is 6.29 Å². The molecular formula is C17H14O9. The van der Waals surface area contributed by atoms with Crippen LogP contribution in [0.5, 0.6) is 11.5 Å². The van der Waals surface area contributed by atoms with Crippen molar-refractivity contribution in [3.8, 4) is 11.5 Å². The Bertz CT molecular complexity index is 884. The maximum absolute atomic E-state index is 12.2. The van der Waals surface area contributed by atoms with Crippen LogP contribution < -0.4 is 4.74 Å². The highest BCUT2D eigenvalue weighted by Crippen LogP contribution is 2.53. The minimum absolute atomic E-state index is 0.101. The number of aliphatic hydroxyl groups excluding tert-OH is 1. The second kappa shape index (κ2) is 5.40. The predicted molar refractivity (Wildman–Crippen MR) is 81.9 cm³/mol. The molecule has 0 bridgehead atoms. The standard InChI is InChI=1S/C17H14O9/c1-23-10-3-2-7-4-11-17(22,13(7)14(10)19)8(15(20)25-11)6-24-12-5-9(18)16(21)26-12/h2-3,5-6,11-12,18-19,22H,4H2,1H3. The highest BCUT2D eigenvalue weighted by molar-refractivity contribution is 5.95. The number of hydrogen-bond donors (Lipinski definition) is 3. The van der Waals surface area contributed by atoms with Crippen LogP contribution in [0.3, 0.4) is 0 Å². The number of hydrogen-bond acceptors (Lipinski definition) is 9. The van der Waals surface area contributed by atoms with Crippen LogP contribution in [0.25, 0.3) is 0 Å². The van der Waals surface area contributed by atoms with Gasteiger partial charge in [0.05, 0.1) is 7.11 Å². The van der Waals surface area contributed by atoms with Crippen molar-refractivity contribution in [1.29, 1.82) is 0 Å². The minimum Gasteiger partial charge on any atom is -0.504 e. The van der Waals surface area contributed by atoms with Crippen LogP contribution in [0.1, 0.15) is 11.1 Å². The van der Waals surface area contributed by atoms with Crippen LogP contribution in [0.15, 0.2) is 35.8 Å². The lowest BCUT2D eigenvalue weighted by Gasteiger charge is -2.23. The Morgan fingerprint density at radius 3 is 2.65 bits per heavy atom. The van der Waals surface area contributed by atoms with E-state index in [4.69, 9.17) is 18.9 Å². The van der Waals surface area contributed by atoms with E-state index in [0.717, 1.165) is 12.3 Å². The SMILES string of the molecule is COc1ccc2c(c1O)C1(O)C(=COC3C=C(O)C(=O)O3)C(=O)OC1C2. The summed E-state index contributed by atoms with van der Waals surface area (Å²) in [4.78, 5) is 23.3. The summed E-state index contributed by atoms with van der Waals surface area (Å²) >= 11 is 0. The monoisotopic (exact) mass is 362 g/mol. The second-order valence-electron chi connectivity index (χ2n) is 6.01. The summed E-state index contributed by atoms with van der Waals surface area (Å²) < 4.78 is 20.1. The number of phenolic OH excluding ortho intramolecular Hbond substituents is 1. The lowest BCUT2D eigenvalue weighted by Crippen LogP contribution is -2.33. The Balaban J connectivity index is 1.73. The van der Waals surface area contributed by atoms with E-state index in [9.17, 15) is 24.9 Å². The van der Waals surface area contributed by atoms with Crippen LogP contribution >= 0.6 is 0 Å². The van der Waals surface area contributed by atoms with Crippen molar-refractivity contribution in [3.63, 3.8) is 0 Å². The largest absolute Gasteiger partial charge is 0.504 e. The molecule has 3 atom stereocenters. The number of rotatable bonds is 3. The molecule has 1 aromatic rings. The van der Waals surface area contributed by atoms with Crippen molar-refractivity contribution in [2.24, 2.45) is 0 Å². The molecule has 1 aliphatic carbocycles. The summed E-state index contributed by atoms with van der Waals surface area (Å²) in [6, 6.07) is 3.21. The molecule has 9 heteroatoms. The van der Waals surface area contributed by atoms with Gasteiger partial charge in [-0.25, -0.2) is 9.59 Å². The molecule has 136 valence electrons. The first-order valence-corrected chi connectivity index (χ1v) is 7.66. The molecular weight excluding hydrogens is 348 g/mol. The average molecular weight is 362 g/mol. The molecule has 0 saturated carbocycles. The Morgan fingerprint density at radius 1 is 1.23 bits per heavy atom. The van der Waals surface area contributed by atoms with E-state index in [1.165, 1.54) is 7.11 Å². The molecule has 3 aliphatic rings. The van der Waals surface area contributed by atoms with Gasteiger partial charge < -0.3 is 34.3 Å². The minimum atomic E-state index is -1.95. The molecule has 26 heavy (non-hydrogen) atoms. The van der Waals surface area contributed by atoms with Crippen molar-refractivity contribution >= 4 is 11.9 Å². The zero-order chi connectivity index (χ0) is 18.6. The van der Waals surface area contributed by atoms with Crippen molar-refractivity contribution < 1.29 is 43.9 Å². The van der Waals surface area contributed by atoms with Gasteiger partial charge in [-0.1, -0.05) is 6.07 Å². The second-order valence-corrected chi connectivity index (χ2v) is 6.01. The quantitative estimate of drug-likeness (QED) is 0.394. The lowest BCUT2D eigenvalue weighted by molar-refractivity contribution is -0.154. The number of ether oxygens (including phenoxy) is 4. The first-order valence-electron chi connectivity index (χ1n) is 7.66. The number of fused-ring (bicyclic) bond motifs is 3. The van der Waals surface area contributed by atoms with E-state index < -0.39 is 35.7 Å². The summed E-state index contributed by atoms with van der Waals surface area (Å²) in [6.07, 6.45) is -0.0719. The zero-order valence-corrected chi connectivity index (χ0v) is 13.5. The van der Waals surface area contributed by atoms with Gasteiger partial charge in [-0.2, -0.15) is 0 Å². The van der Waals surface area contributed by atoms with Crippen LogP contribution in [-0.4, -0.2) is 46.8 Å². The molecule has 2 aliphatic heterocycles. The van der Waals surface area contributed by atoms with Gasteiger partial charge in [0, 0.05) is 18.1 Å². The third-order valence-corrected chi connectivity index (χ3v) is 4.63. The number of cyclic esters (lactones) is 1. The van der Waals surface area contributed by atoms with Gasteiger partial charge >= 0.3 is 11.9 Å². The summed E-state index contributed by atoms with van der Waals surface area (Å²) in [5, 5.41) is 30.9. The van der Waals surface area contributed by atoms with Gasteiger partial charge in [0.1, 0.15) is 17.9 Å². The molecule has 1 aromatic carbocycles. The third-order valence-electron chi connectivity index (χ3n) is 4.63. The number of methoxy groups -OCH3 is 1. The molecule has 2 heterocycles. The molecule has 3 unspecified atom stereocenters. The van der Waals surface area contributed by atoms with Gasteiger partial charge in [0.15, 0.2) is 17.1 Å². The molecule has 1 saturated heterocycles. The summed E-state index contributed by atoms with van der Waals surface area (Å²) in [6.45, 7) is 0.